The summed E-state index contributed by atoms with van der Waals surface area (Å²) in [5.41, 5.74) is 0. The second kappa shape index (κ2) is 2.17. The van der Waals surface area contributed by atoms with Crippen LogP contribution in [0, 0.1) is 23.2 Å². The normalized spacial score (nSPS) is 37.0. The van der Waals surface area contributed by atoms with E-state index in [4.69, 9.17) is 5.26 Å². The van der Waals surface area contributed by atoms with E-state index in [2.05, 4.69) is 13.0 Å². The monoisotopic (exact) mass is 109 g/mol. The Balaban J connectivity index is 2.35. The van der Waals surface area contributed by atoms with Crippen molar-refractivity contribution < 1.29 is 0 Å². The van der Waals surface area contributed by atoms with Crippen LogP contribution < -0.4 is 0 Å². The molecule has 2 atom stereocenters. The standard InChI is InChI=1S/C7H11N/c1-6-2-3-7(4-6)5-8/h6-7H,2-4H2,1H3/t6-,7?/m1/s1. The molecule has 0 radical (unpaired) electrons. The molecule has 0 aromatic rings. The molecule has 1 aliphatic rings. The molecule has 0 amide bonds. The smallest absolute Gasteiger partial charge is 0.0655 e. The van der Waals surface area contributed by atoms with Gasteiger partial charge in [-0.25, -0.2) is 0 Å². The van der Waals surface area contributed by atoms with Crippen molar-refractivity contribution >= 4 is 0 Å². The SMILES string of the molecule is C[C@@H]1CCC(C#N)C1. The fourth-order valence-corrected chi connectivity index (χ4v) is 1.32. The topological polar surface area (TPSA) is 23.8 Å². The van der Waals surface area contributed by atoms with Gasteiger partial charge in [-0.15, -0.1) is 0 Å². The van der Waals surface area contributed by atoms with E-state index in [9.17, 15) is 0 Å². The third kappa shape index (κ3) is 1.01. The number of hydrogen-bond acceptors (Lipinski definition) is 1. The minimum atomic E-state index is 0.380. The summed E-state index contributed by atoms with van der Waals surface area (Å²) in [6.45, 7) is 2.22. The van der Waals surface area contributed by atoms with Crippen molar-refractivity contribution in [3.8, 4) is 6.07 Å². The molecule has 0 aromatic carbocycles. The number of hydrogen-bond donors (Lipinski definition) is 0. The first kappa shape index (κ1) is 5.62. The van der Waals surface area contributed by atoms with Gasteiger partial charge >= 0.3 is 0 Å². The van der Waals surface area contributed by atoms with E-state index in [1.165, 1.54) is 6.42 Å². The van der Waals surface area contributed by atoms with Gasteiger partial charge in [-0.3, -0.25) is 0 Å². The molecule has 1 fully saturated rings. The van der Waals surface area contributed by atoms with Crippen LogP contribution in [0.25, 0.3) is 0 Å². The van der Waals surface area contributed by atoms with E-state index in [0.717, 1.165) is 18.8 Å². The molecule has 0 saturated heterocycles. The Morgan fingerprint density at radius 3 is 2.50 bits per heavy atom. The van der Waals surface area contributed by atoms with Crippen LogP contribution in [0.3, 0.4) is 0 Å². The lowest BCUT2D eigenvalue weighted by atomic mass is 10.1. The van der Waals surface area contributed by atoms with E-state index in [1.54, 1.807) is 0 Å². The van der Waals surface area contributed by atoms with Gasteiger partial charge in [0.25, 0.3) is 0 Å². The van der Waals surface area contributed by atoms with E-state index in [1.807, 2.05) is 0 Å². The van der Waals surface area contributed by atoms with Gasteiger partial charge in [0.1, 0.15) is 0 Å². The predicted octanol–water partition coefficient (Wildman–Crippen LogP) is 1.95. The third-order valence-corrected chi connectivity index (χ3v) is 1.88. The van der Waals surface area contributed by atoms with Crippen LogP contribution in [0.1, 0.15) is 26.2 Å². The zero-order valence-electron chi connectivity index (χ0n) is 5.22. The largest absolute Gasteiger partial charge is 0.198 e. The predicted molar refractivity (Wildman–Crippen MR) is 32.1 cm³/mol. The molecule has 1 rings (SSSR count). The Labute approximate surface area is 50.3 Å². The lowest BCUT2D eigenvalue weighted by Gasteiger charge is -1.94. The van der Waals surface area contributed by atoms with E-state index >= 15 is 0 Å². The zero-order valence-corrected chi connectivity index (χ0v) is 5.22. The molecule has 8 heavy (non-hydrogen) atoms. The molecular weight excluding hydrogens is 98.1 g/mol. The Bertz CT molecular complexity index is 112. The van der Waals surface area contributed by atoms with Gasteiger partial charge in [0.05, 0.1) is 6.07 Å². The summed E-state index contributed by atoms with van der Waals surface area (Å²) < 4.78 is 0. The molecule has 0 aliphatic heterocycles. The van der Waals surface area contributed by atoms with Crippen molar-refractivity contribution in [3.05, 3.63) is 0 Å². The second-order valence-corrected chi connectivity index (χ2v) is 2.74. The summed E-state index contributed by atoms with van der Waals surface area (Å²) in [6, 6.07) is 2.29. The molecule has 0 heterocycles. The van der Waals surface area contributed by atoms with Crippen LogP contribution in [0.5, 0.6) is 0 Å². The first-order chi connectivity index (χ1) is 3.83. The maximum atomic E-state index is 8.43. The van der Waals surface area contributed by atoms with Crippen molar-refractivity contribution in [2.75, 3.05) is 0 Å². The fourth-order valence-electron chi connectivity index (χ4n) is 1.32. The Kier molecular flexibility index (Phi) is 1.53. The Morgan fingerprint density at radius 2 is 2.25 bits per heavy atom. The summed E-state index contributed by atoms with van der Waals surface area (Å²) in [6.07, 6.45) is 3.53. The van der Waals surface area contributed by atoms with Gasteiger partial charge in [-0.2, -0.15) is 5.26 Å². The molecule has 1 saturated carbocycles. The average molecular weight is 109 g/mol. The van der Waals surface area contributed by atoms with Crippen molar-refractivity contribution in [2.24, 2.45) is 11.8 Å². The van der Waals surface area contributed by atoms with Crippen LogP contribution in [0.2, 0.25) is 0 Å². The Hall–Kier alpha value is -0.510. The van der Waals surface area contributed by atoms with Gasteiger partial charge < -0.3 is 0 Å². The summed E-state index contributed by atoms with van der Waals surface area (Å²) >= 11 is 0. The van der Waals surface area contributed by atoms with Crippen molar-refractivity contribution in [1.29, 1.82) is 5.26 Å². The molecule has 0 bridgehead atoms. The van der Waals surface area contributed by atoms with Crippen molar-refractivity contribution in [3.63, 3.8) is 0 Å². The molecule has 1 heteroatoms. The van der Waals surface area contributed by atoms with Crippen molar-refractivity contribution in [2.45, 2.75) is 26.2 Å². The molecule has 1 aliphatic carbocycles. The third-order valence-electron chi connectivity index (χ3n) is 1.88. The van der Waals surface area contributed by atoms with Crippen LogP contribution in [-0.2, 0) is 0 Å². The minimum absolute atomic E-state index is 0.380. The quantitative estimate of drug-likeness (QED) is 0.466. The summed E-state index contributed by atoms with van der Waals surface area (Å²) in [5, 5.41) is 8.43. The average Bonchev–Trinajstić information content (AvgIpc) is 2.14. The van der Waals surface area contributed by atoms with Gasteiger partial charge in [0.15, 0.2) is 0 Å². The highest BCUT2D eigenvalue weighted by molar-refractivity contribution is 4.88. The highest BCUT2D eigenvalue weighted by Crippen LogP contribution is 2.29. The number of nitrogens with zero attached hydrogens (tertiary/aromatic N) is 1. The van der Waals surface area contributed by atoms with Crippen LogP contribution in [0.15, 0.2) is 0 Å². The summed E-state index contributed by atoms with van der Waals surface area (Å²) in [5.74, 6) is 1.18. The van der Waals surface area contributed by atoms with E-state index < -0.39 is 0 Å². The summed E-state index contributed by atoms with van der Waals surface area (Å²) in [4.78, 5) is 0. The van der Waals surface area contributed by atoms with Gasteiger partial charge in [0, 0.05) is 5.92 Å². The first-order valence-corrected chi connectivity index (χ1v) is 3.22. The first-order valence-electron chi connectivity index (χ1n) is 3.22. The van der Waals surface area contributed by atoms with Gasteiger partial charge in [0.2, 0.25) is 0 Å². The second-order valence-electron chi connectivity index (χ2n) is 2.74. The van der Waals surface area contributed by atoms with Gasteiger partial charge in [-0.1, -0.05) is 6.92 Å². The number of nitriles is 1. The van der Waals surface area contributed by atoms with E-state index in [-0.39, 0.29) is 0 Å². The molecular formula is C7H11N. The molecule has 1 nitrogen and oxygen atoms in total. The zero-order chi connectivity index (χ0) is 5.98. The molecule has 0 N–H and O–H groups in total. The fraction of sp³-hybridized carbons (Fsp3) is 0.857. The Morgan fingerprint density at radius 1 is 1.50 bits per heavy atom. The molecule has 0 aromatic heterocycles. The maximum absolute atomic E-state index is 8.43. The van der Waals surface area contributed by atoms with Crippen LogP contribution in [-0.4, -0.2) is 0 Å². The van der Waals surface area contributed by atoms with Crippen molar-refractivity contribution in [1.82, 2.24) is 0 Å². The summed E-state index contributed by atoms with van der Waals surface area (Å²) in [7, 11) is 0. The maximum Gasteiger partial charge on any atom is 0.0655 e. The van der Waals surface area contributed by atoms with Crippen LogP contribution >= 0.6 is 0 Å². The molecule has 44 valence electrons. The van der Waals surface area contributed by atoms with Crippen LogP contribution in [0.4, 0.5) is 0 Å². The lowest BCUT2D eigenvalue weighted by Crippen LogP contribution is -1.87. The molecule has 1 unspecified atom stereocenters. The van der Waals surface area contributed by atoms with E-state index in [0.29, 0.717) is 5.92 Å². The van der Waals surface area contributed by atoms with Gasteiger partial charge in [-0.05, 0) is 25.2 Å². The number of rotatable bonds is 0. The lowest BCUT2D eigenvalue weighted by molar-refractivity contribution is 0.590. The highest BCUT2D eigenvalue weighted by atomic mass is 14.3. The molecule has 0 spiro atoms. The highest BCUT2D eigenvalue weighted by Gasteiger charge is 2.19. The minimum Gasteiger partial charge on any atom is -0.198 e.